The van der Waals surface area contributed by atoms with Gasteiger partial charge in [0.25, 0.3) is 0 Å². The quantitative estimate of drug-likeness (QED) is 0.0470. The number of piperidine rings is 1. The zero-order valence-electron chi connectivity index (χ0n) is 35.9. The highest BCUT2D eigenvalue weighted by Crippen LogP contribution is 2.40. The lowest BCUT2D eigenvalue weighted by Gasteiger charge is -2.41. The van der Waals surface area contributed by atoms with E-state index in [4.69, 9.17) is 9.47 Å². The third-order valence-corrected chi connectivity index (χ3v) is 11.9. The fourth-order valence-electron chi connectivity index (χ4n) is 8.25. The molecule has 1 aliphatic rings. The van der Waals surface area contributed by atoms with Crippen LogP contribution in [0.3, 0.4) is 0 Å². The molecule has 1 aliphatic heterocycles. The predicted octanol–water partition coefficient (Wildman–Crippen LogP) is 14.5. The summed E-state index contributed by atoms with van der Waals surface area (Å²) in [4.78, 5) is 30.2. The van der Waals surface area contributed by atoms with Gasteiger partial charge in [-0.15, -0.1) is 0 Å². The minimum Gasteiger partial charge on any atom is -0.462 e. The second-order valence-corrected chi connectivity index (χ2v) is 17.0. The van der Waals surface area contributed by atoms with Gasteiger partial charge < -0.3 is 14.4 Å². The van der Waals surface area contributed by atoms with E-state index in [0.717, 1.165) is 83.8 Å². The molecule has 0 unspecified atom stereocenters. The van der Waals surface area contributed by atoms with Crippen molar-refractivity contribution in [2.45, 2.75) is 265 Å². The van der Waals surface area contributed by atoms with Gasteiger partial charge in [-0.2, -0.15) is 0 Å². The molecule has 0 saturated carbocycles. The van der Waals surface area contributed by atoms with Crippen molar-refractivity contribution in [3.05, 3.63) is 0 Å². The van der Waals surface area contributed by atoms with E-state index >= 15 is 0 Å². The van der Waals surface area contributed by atoms with Crippen LogP contribution in [0.5, 0.6) is 0 Å². The summed E-state index contributed by atoms with van der Waals surface area (Å²) >= 11 is 0. The van der Waals surface area contributed by atoms with Crippen LogP contribution in [0.2, 0.25) is 0 Å². The van der Waals surface area contributed by atoms with Crippen molar-refractivity contribution in [2.75, 3.05) is 19.6 Å². The molecular weight excluding hydrogens is 643 g/mol. The highest BCUT2D eigenvalue weighted by atomic mass is 16.5. The zero-order valence-corrected chi connectivity index (χ0v) is 35.9. The van der Waals surface area contributed by atoms with Gasteiger partial charge in [0.1, 0.15) is 12.2 Å². The number of likely N-dealkylation sites (tertiary alicyclic amines) is 1. The molecule has 308 valence electrons. The fraction of sp³-hybridized carbons (Fsp3) is 0.957. The molecule has 0 radical (unpaired) electrons. The highest BCUT2D eigenvalue weighted by molar-refractivity contribution is 5.74. The minimum atomic E-state index is -0.355. The summed E-state index contributed by atoms with van der Waals surface area (Å²) in [5.74, 6) is -0.153. The number of rotatable bonds is 37. The average Bonchev–Trinajstić information content (AvgIpc) is 3.13. The second kappa shape index (κ2) is 34.4. The molecule has 5 nitrogen and oxygen atoms in total. The van der Waals surface area contributed by atoms with Crippen LogP contribution < -0.4 is 0 Å². The van der Waals surface area contributed by atoms with Crippen LogP contribution in [0.1, 0.15) is 253 Å². The minimum absolute atomic E-state index is 0.0116. The third kappa shape index (κ3) is 26.6. The first kappa shape index (κ1) is 48.9. The molecule has 52 heavy (non-hydrogen) atoms. The molecule has 1 saturated heterocycles. The van der Waals surface area contributed by atoms with Crippen molar-refractivity contribution < 1.29 is 19.1 Å². The van der Waals surface area contributed by atoms with E-state index in [1.54, 1.807) is 0 Å². The summed E-state index contributed by atoms with van der Waals surface area (Å²) in [5, 5.41) is 0. The maximum atomic E-state index is 13.8. The molecule has 0 aliphatic carbocycles. The van der Waals surface area contributed by atoms with E-state index in [1.807, 2.05) is 0 Å². The van der Waals surface area contributed by atoms with E-state index < -0.39 is 0 Å². The van der Waals surface area contributed by atoms with E-state index in [9.17, 15) is 9.59 Å². The molecule has 1 heterocycles. The number of ether oxygens (including phenoxy) is 2. The normalized spacial score (nSPS) is 14.8. The largest absolute Gasteiger partial charge is 0.462 e. The van der Waals surface area contributed by atoms with Gasteiger partial charge in [-0.05, 0) is 95.7 Å². The molecule has 0 amide bonds. The number of carbonyl (C=O) groups excluding carboxylic acids is 2. The summed E-state index contributed by atoms with van der Waals surface area (Å²) < 4.78 is 12.7. The predicted molar refractivity (Wildman–Crippen MR) is 224 cm³/mol. The van der Waals surface area contributed by atoms with Crippen LogP contribution in [0.25, 0.3) is 0 Å². The Balaban J connectivity index is 2.92. The Morgan fingerprint density at radius 3 is 1.04 bits per heavy atom. The van der Waals surface area contributed by atoms with Gasteiger partial charge in [-0.1, -0.05) is 169 Å². The molecule has 0 atom stereocenters. The van der Waals surface area contributed by atoms with Gasteiger partial charge in [-0.25, -0.2) is 0 Å². The third-order valence-electron chi connectivity index (χ3n) is 11.9. The van der Waals surface area contributed by atoms with Crippen LogP contribution in [-0.4, -0.2) is 48.7 Å². The van der Waals surface area contributed by atoms with Crippen molar-refractivity contribution >= 4 is 11.9 Å². The molecule has 0 bridgehead atoms. The van der Waals surface area contributed by atoms with E-state index in [0.29, 0.717) is 12.8 Å². The first-order valence-corrected chi connectivity index (χ1v) is 23.5. The van der Waals surface area contributed by atoms with Crippen LogP contribution >= 0.6 is 0 Å². The Morgan fingerprint density at radius 2 is 0.731 bits per heavy atom. The Labute approximate surface area is 325 Å². The molecule has 0 aromatic carbocycles. The van der Waals surface area contributed by atoms with E-state index in [-0.39, 0.29) is 29.6 Å². The lowest BCUT2D eigenvalue weighted by Crippen LogP contribution is -2.43. The average molecular weight is 734 g/mol. The van der Waals surface area contributed by atoms with Crippen LogP contribution in [-0.2, 0) is 19.1 Å². The molecule has 0 aromatic heterocycles. The summed E-state index contributed by atoms with van der Waals surface area (Å²) in [7, 11) is 0. The summed E-state index contributed by atoms with van der Waals surface area (Å²) in [6.45, 7) is 14.3. The van der Waals surface area contributed by atoms with Crippen LogP contribution in [0, 0.1) is 5.41 Å². The monoisotopic (exact) mass is 734 g/mol. The summed E-state index contributed by atoms with van der Waals surface area (Å²) in [6.07, 6.45) is 39.0. The number of unbranched alkanes of at least 4 members (excludes halogenated alkanes) is 21. The maximum Gasteiger partial charge on any atom is 0.306 e. The molecule has 0 N–H and O–H groups in total. The van der Waals surface area contributed by atoms with Gasteiger partial charge in [0, 0.05) is 0 Å². The van der Waals surface area contributed by atoms with E-state index in [1.165, 1.54) is 141 Å². The molecule has 0 spiro atoms. The number of hydrogen-bond donors (Lipinski definition) is 0. The molecule has 1 fully saturated rings. The highest BCUT2D eigenvalue weighted by Gasteiger charge is 2.40. The van der Waals surface area contributed by atoms with Crippen molar-refractivity contribution in [1.29, 1.82) is 0 Å². The van der Waals surface area contributed by atoms with Gasteiger partial charge in [0.15, 0.2) is 0 Å². The summed E-state index contributed by atoms with van der Waals surface area (Å²) in [5.41, 5.74) is -0.355. The van der Waals surface area contributed by atoms with Gasteiger partial charge in [0.05, 0.1) is 12.8 Å². The molecular formula is C47H91NO4. The standard InChI is InChI=1S/C47H91NO4/c1-6-11-16-20-24-28-32-43(33-29-25-21-17-12-7-2)51-45(49)41-47(36-39-48(40-37-47)38-15-10-5)42-46(50)52-44(34-30-26-22-18-13-8-3)35-31-27-23-19-14-9-4/h43-44H,6-42H2,1-5H3. The van der Waals surface area contributed by atoms with Gasteiger partial charge in [-0.3, -0.25) is 9.59 Å². The Morgan fingerprint density at radius 1 is 0.442 bits per heavy atom. The van der Waals surface area contributed by atoms with Crippen molar-refractivity contribution in [3.8, 4) is 0 Å². The lowest BCUT2D eigenvalue weighted by molar-refractivity contribution is -0.158. The Bertz CT molecular complexity index is 721. The maximum absolute atomic E-state index is 13.8. The number of nitrogens with zero attached hydrogens (tertiary/aromatic N) is 1. The first-order chi connectivity index (χ1) is 25.4. The van der Waals surface area contributed by atoms with Crippen LogP contribution in [0.4, 0.5) is 0 Å². The number of carbonyl (C=O) groups is 2. The fourth-order valence-corrected chi connectivity index (χ4v) is 8.25. The SMILES string of the molecule is CCCCCCCCC(CCCCCCCC)OC(=O)CC1(CC(=O)OC(CCCCCCCC)CCCCCCCC)CCN(CCCC)CC1. The van der Waals surface area contributed by atoms with E-state index in [2.05, 4.69) is 39.5 Å². The van der Waals surface area contributed by atoms with Crippen molar-refractivity contribution in [3.63, 3.8) is 0 Å². The van der Waals surface area contributed by atoms with Crippen molar-refractivity contribution in [2.24, 2.45) is 5.41 Å². The lowest BCUT2D eigenvalue weighted by atomic mass is 9.73. The topological polar surface area (TPSA) is 55.8 Å². The van der Waals surface area contributed by atoms with Gasteiger partial charge in [0.2, 0.25) is 0 Å². The molecule has 1 rings (SSSR count). The molecule has 5 heteroatoms. The van der Waals surface area contributed by atoms with Crippen molar-refractivity contribution in [1.82, 2.24) is 4.90 Å². The number of hydrogen-bond acceptors (Lipinski definition) is 5. The summed E-state index contributed by atoms with van der Waals surface area (Å²) in [6, 6.07) is 0. The van der Waals surface area contributed by atoms with Gasteiger partial charge >= 0.3 is 11.9 Å². The molecule has 0 aromatic rings. The Kier molecular flexibility index (Phi) is 32.4. The zero-order chi connectivity index (χ0) is 38.0. The smallest absolute Gasteiger partial charge is 0.306 e. The first-order valence-electron chi connectivity index (χ1n) is 23.5. The number of esters is 2. The van der Waals surface area contributed by atoms with Crippen LogP contribution in [0.15, 0.2) is 0 Å². The Hall–Kier alpha value is -1.10. The second-order valence-electron chi connectivity index (χ2n) is 17.0.